The Hall–Kier alpha value is -2.07. The summed E-state index contributed by atoms with van der Waals surface area (Å²) < 4.78 is 24.2. The quantitative estimate of drug-likeness (QED) is 0.850. The van der Waals surface area contributed by atoms with E-state index < -0.39 is 0 Å². The highest BCUT2D eigenvalue weighted by atomic mass is 19.1. The Kier molecular flexibility index (Phi) is 3.83. The third-order valence-corrected chi connectivity index (χ3v) is 3.32. The van der Waals surface area contributed by atoms with E-state index in [9.17, 15) is 4.39 Å². The summed E-state index contributed by atoms with van der Waals surface area (Å²) in [6, 6.07) is 12.7. The molecule has 104 valence electrons. The van der Waals surface area contributed by atoms with E-state index in [1.807, 2.05) is 30.3 Å². The molecular formula is C16H16FNO2. The largest absolute Gasteiger partial charge is 0.454 e. The van der Waals surface area contributed by atoms with Gasteiger partial charge in [-0.15, -0.1) is 0 Å². The van der Waals surface area contributed by atoms with Crippen LogP contribution in [0.1, 0.15) is 11.1 Å². The second kappa shape index (κ2) is 5.92. The number of rotatable bonds is 5. The summed E-state index contributed by atoms with van der Waals surface area (Å²) in [6.45, 7) is 1.67. The molecule has 0 aliphatic carbocycles. The fraction of sp³-hybridized carbons (Fsp3) is 0.250. The van der Waals surface area contributed by atoms with Gasteiger partial charge in [-0.3, -0.25) is 0 Å². The Balaban J connectivity index is 1.54. The van der Waals surface area contributed by atoms with Crippen LogP contribution in [0.3, 0.4) is 0 Å². The van der Waals surface area contributed by atoms with Gasteiger partial charge in [0.15, 0.2) is 11.5 Å². The summed E-state index contributed by atoms with van der Waals surface area (Å²) >= 11 is 0. The van der Waals surface area contributed by atoms with Gasteiger partial charge in [0.05, 0.1) is 0 Å². The molecule has 4 heteroatoms. The van der Waals surface area contributed by atoms with Crippen LogP contribution >= 0.6 is 0 Å². The summed E-state index contributed by atoms with van der Waals surface area (Å²) in [4.78, 5) is 0. The highest BCUT2D eigenvalue weighted by molar-refractivity contribution is 5.48. The van der Waals surface area contributed by atoms with E-state index >= 15 is 0 Å². The number of ether oxygens (including phenoxy) is 2. The molecule has 0 saturated heterocycles. The first-order chi connectivity index (χ1) is 9.84. The minimum Gasteiger partial charge on any atom is -0.454 e. The maximum Gasteiger partial charge on any atom is 0.231 e. The van der Waals surface area contributed by atoms with Crippen molar-refractivity contribution in [2.24, 2.45) is 0 Å². The van der Waals surface area contributed by atoms with Crippen molar-refractivity contribution in [3.8, 4) is 11.5 Å². The molecule has 0 spiro atoms. The van der Waals surface area contributed by atoms with Crippen molar-refractivity contribution < 1.29 is 13.9 Å². The van der Waals surface area contributed by atoms with Gasteiger partial charge in [-0.05, 0) is 30.7 Å². The monoisotopic (exact) mass is 273 g/mol. The maximum atomic E-state index is 13.5. The molecule has 2 aromatic carbocycles. The molecule has 1 N–H and O–H groups in total. The fourth-order valence-electron chi connectivity index (χ4n) is 2.28. The smallest absolute Gasteiger partial charge is 0.231 e. The van der Waals surface area contributed by atoms with Crippen LogP contribution < -0.4 is 14.8 Å². The van der Waals surface area contributed by atoms with E-state index in [2.05, 4.69) is 5.32 Å². The van der Waals surface area contributed by atoms with Crippen molar-refractivity contribution in [1.29, 1.82) is 0 Å². The Morgan fingerprint density at radius 3 is 2.75 bits per heavy atom. The van der Waals surface area contributed by atoms with Gasteiger partial charge in [0.25, 0.3) is 0 Å². The number of fused-ring (bicyclic) bond motifs is 1. The van der Waals surface area contributed by atoms with Crippen LogP contribution in [0.4, 0.5) is 4.39 Å². The lowest BCUT2D eigenvalue weighted by atomic mass is 10.1. The van der Waals surface area contributed by atoms with Crippen molar-refractivity contribution in [2.45, 2.75) is 13.0 Å². The molecule has 0 fully saturated rings. The fourth-order valence-corrected chi connectivity index (χ4v) is 2.28. The van der Waals surface area contributed by atoms with Crippen LogP contribution in [0.5, 0.6) is 11.5 Å². The number of benzene rings is 2. The topological polar surface area (TPSA) is 30.5 Å². The molecule has 3 nitrogen and oxygen atoms in total. The molecule has 2 aromatic rings. The molecule has 0 saturated carbocycles. The molecule has 0 aromatic heterocycles. The van der Waals surface area contributed by atoms with Crippen LogP contribution in [0.25, 0.3) is 0 Å². The van der Waals surface area contributed by atoms with Gasteiger partial charge in [-0.1, -0.05) is 30.3 Å². The number of hydrogen-bond acceptors (Lipinski definition) is 3. The second-order valence-electron chi connectivity index (χ2n) is 4.67. The normalized spacial score (nSPS) is 12.7. The first-order valence-electron chi connectivity index (χ1n) is 6.66. The molecule has 0 radical (unpaired) electrons. The van der Waals surface area contributed by atoms with Crippen LogP contribution in [-0.2, 0) is 13.0 Å². The average molecular weight is 273 g/mol. The van der Waals surface area contributed by atoms with Gasteiger partial charge < -0.3 is 14.8 Å². The molecular weight excluding hydrogens is 257 g/mol. The van der Waals surface area contributed by atoms with Crippen molar-refractivity contribution in [3.63, 3.8) is 0 Å². The first-order valence-corrected chi connectivity index (χ1v) is 6.66. The first kappa shape index (κ1) is 12.9. The van der Waals surface area contributed by atoms with E-state index in [-0.39, 0.29) is 12.6 Å². The molecule has 0 atom stereocenters. The van der Waals surface area contributed by atoms with E-state index in [1.54, 1.807) is 6.07 Å². The summed E-state index contributed by atoms with van der Waals surface area (Å²) in [5.74, 6) is 1.45. The highest BCUT2D eigenvalue weighted by Crippen LogP contribution is 2.35. The van der Waals surface area contributed by atoms with E-state index in [1.165, 1.54) is 6.07 Å². The van der Waals surface area contributed by atoms with Gasteiger partial charge in [0, 0.05) is 12.1 Å². The Morgan fingerprint density at radius 1 is 1.00 bits per heavy atom. The lowest BCUT2D eigenvalue weighted by Crippen LogP contribution is -2.17. The Morgan fingerprint density at radius 2 is 1.85 bits per heavy atom. The van der Waals surface area contributed by atoms with Crippen molar-refractivity contribution >= 4 is 0 Å². The zero-order chi connectivity index (χ0) is 13.8. The predicted molar refractivity (Wildman–Crippen MR) is 74.4 cm³/mol. The third-order valence-electron chi connectivity index (χ3n) is 3.32. The summed E-state index contributed by atoms with van der Waals surface area (Å²) in [5.41, 5.74) is 1.80. The molecule has 0 bridgehead atoms. The van der Waals surface area contributed by atoms with Gasteiger partial charge in [-0.25, -0.2) is 4.39 Å². The van der Waals surface area contributed by atoms with Crippen LogP contribution in [-0.4, -0.2) is 13.3 Å². The minimum atomic E-state index is -0.147. The van der Waals surface area contributed by atoms with E-state index in [0.717, 1.165) is 22.6 Å². The SMILES string of the molecule is Fc1ccccc1CCNCc1cccc2c1OCO2. The van der Waals surface area contributed by atoms with Crippen LogP contribution in [0.2, 0.25) is 0 Å². The summed E-state index contributed by atoms with van der Waals surface area (Å²) in [7, 11) is 0. The van der Waals surface area contributed by atoms with Crippen molar-refractivity contribution in [2.75, 3.05) is 13.3 Å². The van der Waals surface area contributed by atoms with Crippen LogP contribution in [0, 0.1) is 5.82 Å². The number of hydrogen-bond donors (Lipinski definition) is 1. The zero-order valence-electron chi connectivity index (χ0n) is 11.1. The predicted octanol–water partition coefficient (Wildman–Crippen LogP) is 2.89. The standard InChI is InChI=1S/C16H16FNO2/c17-14-6-2-1-4-12(14)8-9-18-10-13-5-3-7-15-16(13)20-11-19-15/h1-7,18H,8-11H2. The lowest BCUT2D eigenvalue weighted by molar-refractivity contribution is 0.173. The summed E-state index contributed by atoms with van der Waals surface area (Å²) in [6.07, 6.45) is 0.666. The van der Waals surface area contributed by atoms with E-state index in [4.69, 9.17) is 9.47 Å². The number of nitrogens with one attached hydrogen (secondary N) is 1. The Bertz CT molecular complexity index is 601. The van der Waals surface area contributed by atoms with Gasteiger partial charge in [0.2, 0.25) is 6.79 Å². The number of para-hydroxylation sites is 1. The highest BCUT2D eigenvalue weighted by Gasteiger charge is 2.16. The zero-order valence-corrected chi connectivity index (χ0v) is 11.1. The van der Waals surface area contributed by atoms with Gasteiger partial charge >= 0.3 is 0 Å². The molecule has 20 heavy (non-hydrogen) atoms. The average Bonchev–Trinajstić information content (AvgIpc) is 2.94. The molecule has 1 heterocycles. The molecule has 0 unspecified atom stereocenters. The molecule has 1 aliphatic heterocycles. The Labute approximate surface area is 117 Å². The van der Waals surface area contributed by atoms with Gasteiger partial charge in [-0.2, -0.15) is 0 Å². The van der Waals surface area contributed by atoms with Crippen molar-refractivity contribution in [3.05, 3.63) is 59.4 Å². The number of halogens is 1. The van der Waals surface area contributed by atoms with Gasteiger partial charge in [0.1, 0.15) is 5.82 Å². The van der Waals surface area contributed by atoms with E-state index in [0.29, 0.717) is 19.5 Å². The molecule has 0 amide bonds. The minimum absolute atomic E-state index is 0.147. The lowest BCUT2D eigenvalue weighted by Gasteiger charge is -2.08. The van der Waals surface area contributed by atoms with Crippen LogP contribution in [0.15, 0.2) is 42.5 Å². The van der Waals surface area contributed by atoms with Crippen molar-refractivity contribution in [1.82, 2.24) is 5.32 Å². The second-order valence-corrected chi connectivity index (χ2v) is 4.67. The maximum absolute atomic E-state index is 13.5. The molecule has 3 rings (SSSR count). The summed E-state index contributed by atoms with van der Waals surface area (Å²) in [5, 5.41) is 3.30. The molecule has 1 aliphatic rings. The third kappa shape index (κ3) is 2.75.